The van der Waals surface area contributed by atoms with Crippen LogP contribution >= 0.6 is 11.6 Å². The Kier molecular flexibility index (Phi) is 5.53. The highest BCUT2D eigenvalue weighted by molar-refractivity contribution is 7.85. The van der Waals surface area contributed by atoms with Crippen LogP contribution in [-0.2, 0) is 16.6 Å². The van der Waals surface area contributed by atoms with Crippen molar-refractivity contribution in [2.24, 2.45) is 0 Å². The summed E-state index contributed by atoms with van der Waals surface area (Å²) in [6.07, 6.45) is 0. The summed E-state index contributed by atoms with van der Waals surface area (Å²) in [5, 5.41) is 0.638. The van der Waals surface area contributed by atoms with Gasteiger partial charge in [0.15, 0.2) is 5.78 Å². The van der Waals surface area contributed by atoms with Gasteiger partial charge in [0.2, 0.25) is 0 Å². The molecule has 0 aromatic heterocycles. The molecule has 0 spiro atoms. The summed E-state index contributed by atoms with van der Waals surface area (Å²) in [5.41, 5.74) is 1.44. The third-order valence-electron chi connectivity index (χ3n) is 2.94. The summed E-state index contributed by atoms with van der Waals surface area (Å²) in [6, 6.07) is 13.9. The van der Waals surface area contributed by atoms with Crippen LogP contribution in [0, 0.1) is 0 Å². The first kappa shape index (κ1) is 15.7. The van der Waals surface area contributed by atoms with Crippen molar-refractivity contribution in [3.05, 3.63) is 64.7 Å². The lowest BCUT2D eigenvalue weighted by atomic mass is 10.1. The molecule has 1 atom stereocenters. The molecule has 0 aliphatic carbocycles. The fraction of sp³-hybridized carbons (Fsp3) is 0.188. The van der Waals surface area contributed by atoms with Crippen molar-refractivity contribution in [3.63, 3.8) is 0 Å². The van der Waals surface area contributed by atoms with Crippen molar-refractivity contribution < 1.29 is 13.7 Å². The second-order valence-electron chi connectivity index (χ2n) is 4.51. The molecule has 1 unspecified atom stereocenters. The Hall–Kier alpha value is -1.65. The zero-order valence-electron chi connectivity index (χ0n) is 11.5. The first-order valence-corrected chi connectivity index (χ1v) is 8.22. The molecule has 3 nitrogen and oxygen atoms in total. The molecule has 0 saturated carbocycles. The van der Waals surface area contributed by atoms with Gasteiger partial charge in [-0.1, -0.05) is 23.7 Å². The van der Waals surface area contributed by atoms with Gasteiger partial charge in [0.05, 0.1) is 12.9 Å². The molecule has 0 aliphatic heterocycles. The lowest BCUT2D eigenvalue weighted by molar-refractivity contribution is 0.102. The first-order chi connectivity index (χ1) is 10.1. The van der Waals surface area contributed by atoms with Crippen molar-refractivity contribution in [1.29, 1.82) is 0 Å². The zero-order valence-corrected chi connectivity index (χ0v) is 13.1. The molecule has 0 N–H and O–H groups in total. The van der Waals surface area contributed by atoms with Crippen LogP contribution in [0.3, 0.4) is 0 Å². The Labute approximate surface area is 131 Å². The van der Waals surface area contributed by atoms with E-state index in [1.54, 1.807) is 43.5 Å². The third-order valence-corrected chi connectivity index (χ3v) is 4.44. The van der Waals surface area contributed by atoms with Crippen LogP contribution < -0.4 is 4.74 Å². The second kappa shape index (κ2) is 7.38. The van der Waals surface area contributed by atoms with E-state index in [0.717, 1.165) is 5.56 Å². The van der Waals surface area contributed by atoms with Gasteiger partial charge < -0.3 is 4.74 Å². The van der Waals surface area contributed by atoms with Crippen LogP contribution in [0.15, 0.2) is 48.5 Å². The Morgan fingerprint density at radius 2 is 1.71 bits per heavy atom. The number of methoxy groups -OCH3 is 1. The summed E-state index contributed by atoms with van der Waals surface area (Å²) in [7, 11) is 0.328. The monoisotopic (exact) mass is 322 g/mol. The van der Waals surface area contributed by atoms with Gasteiger partial charge in [-0.15, -0.1) is 0 Å². The highest BCUT2D eigenvalue weighted by Crippen LogP contribution is 2.14. The maximum Gasteiger partial charge on any atom is 0.175 e. The molecule has 0 radical (unpaired) electrons. The molecule has 0 fully saturated rings. The minimum absolute atomic E-state index is 0.00888. The van der Waals surface area contributed by atoms with Crippen LogP contribution in [0.5, 0.6) is 5.75 Å². The molecule has 0 aliphatic rings. The Balaban J connectivity index is 1.95. The SMILES string of the molecule is COc1ccc(C(=O)CS(=O)Cc2ccc(Cl)cc2)cc1. The van der Waals surface area contributed by atoms with E-state index in [4.69, 9.17) is 16.3 Å². The van der Waals surface area contributed by atoms with Crippen molar-refractivity contribution >= 4 is 28.2 Å². The van der Waals surface area contributed by atoms with E-state index in [1.165, 1.54) is 0 Å². The number of carbonyl (C=O) groups excluding carboxylic acids is 1. The molecule has 2 rings (SSSR count). The van der Waals surface area contributed by atoms with Crippen LogP contribution in [0.25, 0.3) is 0 Å². The van der Waals surface area contributed by atoms with E-state index in [9.17, 15) is 9.00 Å². The molecule has 21 heavy (non-hydrogen) atoms. The smallest absolute Gasteiger partial charge is 0.175 e. The van der Waals surface area contributed by atoms with Gasteiger partial charge in [0.25, 0.3) is 0 Å². The number of ether oxygens (including phenoxy) is 1. The van der Waals surface area contributed by atoms with Crippen molar-refractivity contribution in [2.45, 2.75) is 5.75 Å². The summed E-state index contributed by atoms with van der Waals surface area (Å²) < 4.78 is 17.1. The van der Waals surface area contributed by atoms with Gasteiger partial charge in [-0.3, -0.25) is 9.00 Å². The van der Waals surface area contributed by atoms with Crippen molar-refractivity contribution in [1.82, 2.24) is 0 Å². The van der Waals surface area contributed by atoms with Gasteiger partial charge in [-0.05, 0) is 42.0 Å². The minimum atomic E-state index is -1.24. The van der Waals surface area contributed by atoms with Gasteiger partial charge in [-0.25, -0.2) is 0 Å². The largest absolute Gasteiger partial charge is 0.497 e. The number of hydrogen-bond acceptors (Lipinski definition) is 3. The predicted molar refractivity (Wildman–Crippen MR) is 85.5 cm³/mol. The zero-order chi connectivity index (χ0) is 15.2. The lowest BCUT2D eigenvalue weighted by Gasteiger charge is -2.04. The number of halogens is 1. The summed E-state index contributed by atoms with van der Waals surface area (Å²) >= 11 is 5.80. The van der Waals surface area contributed by atoms with Gasteiger partial charge in [0.1, 0.15) is 5.75 Å². The molecule has 0 heterocycles. The Morgan fingerprint density at radius 3 is 2.29 bits per heavy atom. The summed E-state index contributed by atoms with van der Waals surface area (Å²) in [5.74, 6) is 0.910. The van der Waals surface area contributed by atoms with E-state index >= 15 is 0 Å². The fourth-order valence-electron chi connectivity index (χ4n) is 1.82. The Morgan fingerprint density at radius 1 is 1.10 bits per heavy atom. The molecule has 0 saturated heterocycles. The van der Waals surface area contributed by atoms with Crippen LogP contribution in [0.2, 0.25) is 5.02 Å². The minimum Gasteiger partial charge on any atom is -0.497 e. The van der Waals surface area contributed by atoms with Crippen molar-refractivity contribution in [3.8, 4) is 5.75 Å². The number of Topliss-reactive ketones (excluding diaryl/α,β-unsaturated/α-hetero) is 1. The number of ketones is 1. The normalized spacial score (nSPS) is 11.9. The predicted octanol–water partition coefficient (Wildman–Crippen LogP) is 3.48. The molecule has 2 aromatic rings. The molecule has 0 amide bonds. The average molecular weight is 323 g/mol. The lowest BCUT2D eigenvalue weighted by Crippen LogP contribution is -2.12. The molecule has 0 bridgehead atoms. The number of rotatable bonds is 6. The van der Waals surface area contributed by atoms with E-state index < -0.39 is 10.8 Å². The van der Waals surface area contributed by atoms with Crippen LogP contribution in [0.4, 0.5) is 0 Å². The quantitative estimate of drug-likeness (QED) is 0.765. The molecule has 110 valence electrons. The fourth-order valence-corrected chi connectivity index (χ4v) is 3.08. The van der Waals surface area contributed by atoms with E-state index in [2.05, 4.69) is 0 Å². The van der Waals surface area contributed by atoms with Gasteiger partial charge >= 0.3 is 0 Å². The first-order valence-electron chi connectivity index (χ1n) is 6.35. The highest BCUT2D eigenvalue weighted by atomic mass is 35.5. The number of carbonyl (C=O) groups is 1. The standard InChI is InChI=1S/C16H15ClO3S/c1-20-15-8-4-13(5-9-15)16(18)11-21(19)10-12-2-6-14(17)7-3-12/h2-9H,10-11H2,1H3. The van der Waals surface area contributed by atoms with E-state index in [1.807, 2.05) is 12.1 Å². The molecular weight excluding hydrogens is 308 g/mol. The maximum absolute atomic E-state index is 12.0. The van der Waals surface area contributed by atoms with Crippen LogP contribution in [0.1, 0.15) is 15.9 Å². The second-order valence-corrected chi connectivity index (χ2v) is 6.40. The summed E-state index contributed by atoms with van der Waals surface area (Å²) in [6.45, 7) is 0. The Bertz CT molecular complexity index is 636. The number of hydrogen-bond donors (Lipinski definition) is 0. The molecule has 2 aromatic carbocycles. The van der Waals surface area contributed by atoms with Crippen LogP contribution in [-0.4, -0.2) is 22.9 Å². The van der Waals surface area contributed by atoms with Crippen molar-refractivity contribution in [2.75, 3.05) is 12.9 Å². The maximum atomic E-state index is 12.0. The van der Waals surface area contributed by atoms with Gasteiger partial charge in [-0.2, -0.15) is 0 Å². The molecule has 5 heteroatoms. The average Bonchev–Trinajstić information content (AvgIpc) is 2.49. The summed E-state index contributed by atoms with van der Waals surface area (Å²) in [4.78, 5) is 12.0. The van der Waals surface area contributed by atoms with Gasteiger partial charge in [0, 0.05) is 27.1 Å². The van der Waals surface area contributed by atoms with E-state index in [-0.39, 0.29) is 11.5 Å². The number of benzene rings is 2. The topological polar surface area (TPSA) is 43.4 Å². The third kappa shape index (κ3) is 4.69. The highest BCUT2D eigenvalue weighted by Gasteiger charge is 2.11. The molecular formula is C16H15ClO3S. The van der Waals surface area contributed by atoms with E-state index in [0.29, 0.717) is 22.1 Å².